The van der Waals surface area contributed by atoms with Crippen molar-refractivity contribution < 1.29 is 9.18 Å². The van der Waals surface area contributed by atoms with Crippen LogP contribution in [-0.4, -0.2) is 31.4 Å². The fraction of sp³-hybridized carbons (Fsp3) is 0.417. The van der Waals surface area contributed by atoms with E-state index in [1.165, 1.54) is 19.1 Å². The number of carbonyl (C=O) groups excluding carboxylic acids is 1. The summed E-state index contributed by atoms with van der Waals surface area (Å²) in [6.45, 7) is 1.95. The Morgan fingerprint density at radius 3 is 2.69 bits per heavy atom. The molecule has 1 N–H and O–H groups in total. The van der Waals surface area contributed by atoms with E-state index in [0.29, 0.717) is 6.54 Å². The van der Waals surface area contributed by atoms with Crippen LogP contribution in [0.4, 0.5) is 4.39 Å². The molecular formula is C12H17FN2O. The lowest BCUT2D eigenvalue weighted by atomic mass is 10.1. The number of nitrogens with zero attached hydrogens (tertiary/aromatic N) is 1. The Hall–Kier alpha value is -1.42. The Morgan fingerprint density at radius 1 is 1.50 bits per heavy atom. The highest BCUT2D eigenvalue weighted by Crippen LogP contribution is 2.18. The molecule has 0 aliphatic rings. The summed E-state index contributed by atoms with van der Waals surface area (Å²) in [6.07, 6.45) is 0. The van der Waals surface area contributed by atoms with Crippen LogP contribution in [0.3, 0.4) is 0 Å². The van der Waals surface area contributed by atoms with Gasteiger partial charge in [-0.1, -0.05) is 12.1 Å². The number of nitrogens with one attached hydrogen (secondary N) is 1. The number of likely N-dealkylation sites (N-methyl/N-ethyl adjacent to an activating group) is 1. The van der Waals surface area contributed by atoms with Crippen molar-refractivity contribution in [3.8, 4) is 0 Å². The molecule has 1 aromatic rings. The molecule has 4 heteroatoms. The van der Waals surface area contributed by atoms with Gasteiger partial charge in [-0.3, -0.25) is 4.79 Å². The minimum atomic E-state index is -0.257. The van der Waals surface area contributed by atoms with E-state index in [2.05, 4.69) is 5.32 Å². The maximum absolute atomic E-state index is 13.1. The average molecular weight is 224 g/mol. The van der Waals surface area contributed by atoms with Gasteiger partial charge in [0.25, 0.3) is 0 Å². The van der Waals surface area contributed by atoms with E-state index in [0.717, 1.165) is 5.56 Å². The molecule has 1 amide bonds. The Balaban J connectivity index is 2.81. The highest BCUT2D eigenvalue weighted by molar-refractivity contribution is 5.72. The minimum Gasteiger partial charge on any atom is -0.354 e. The number of amides is 1. The SMILES string of the molecule is CC(=O)NC[C@@H](c1cccc(F)c1)N(C)C. The van der Waals surface area contributed by atoms with Crippen molar-refractivity contribution in [3.63, 3.8) is 0 Å². The van der Waals surface area contributed by atoms with Crippen molar-refractivity contribution in [2.75, 3.05) is 20.6 Å². The van der Waals surface area contributed by atoms with Crippen LogP contribution in [0.25, 0.3) is 0 Å². The minimum absolute atomic E-state index is 0.0143. The molecule has 0 radical (unpaired) electrons. The Labute approximate surface area is 95.3 Å². The van der Waals surface area contributed by atoms with E-state index in [-0.39, 0.29) is 17.8 Å². The third-order valence-electron chi connectivity index (χ3n) is 2.40. The van der Waals surface area contributed by atoms with E-state index in [9.17, 15) is 9.18 Å². The van der Waals surface area contributed by atoms with Crippen molar-refractivity contribution in [3.05, 3.63) is 35.6 Å². The molecular weight excluding hydrogens is 207 g/mol. The molecule has 0 bridgehead atoms. The Kier molecular flexibility index (Phi) is 4.43. The van der Waals surface area contributed by atoms with E-state index >= 15 is 0 Å². The quantitative estimate of drug-likeness (QED) is 0.842. The van der Waals surface area contributed by atoms with Crippen molar-refractivity contribution in [1.82, 2.24) is 10.2 Å². The zero-order valence-electron chi connectivity index (χ0n) is 9.83. The Morgan fingerprint density at radius 2 is 2.19 bits per heavy atom. The predicted octanol–water partition coefficient (Wildman–Crippen LogP) is 1.56. The van der Waals surface area contributed by atoms with E-state index in [1.54, 1.807) is 6.07 Å². The normalized spacial score (nSPS) is 12.6. The van der Waals surface area contributed by atoms with Gasteiger partial charge >= 0.3 is 0 Å². The van der Waals surface area contributed by atoms with Crippen LogP contribution in [-0.2, 0) is 4.79 Å². The smallest absolute Gasteiger partial charge is 0.216 e. The molecule has 0 spiro atoms. The van der Waals surface area contributed by atoms with Gasteiger partial charge in [-0.05, 0) is 31.8 Å². The van der Waals surface area contributed by atoms with Crippen molar-refractivity contribution >= 4 is 5.91 Å². The topological polar surface area (TPSA) is 32.3 Å². The van der Waals surface area contributed by atoms with Crippen LogP contribution in [0.2, 0.25) is 0 Å². The standard InChI is InChI=1S/C12H17FN2O/c1-9(16)14-8-12(15(2)3)10-5-4-6-11(13)7-10/h4-7,12H,8H2,1-3H3,(H,14,16)/t12-/m0/s1. The third-order valence-corrected chi connectivity index (χ3v) is 2.40. The second kappa shape index (κ2) is 5.61. The molecule has 88 valence electrons. The first-order chi connectivity index (χ1) is 7.50. The highest BCUT2D eigenvalue weighted by atomic mass is 19.1. The van der Waals surface area contributed by atoms with Crippen LogP contribution in [0, 0.1) is 5.82 Å². The lowest BCUT2D eigenvalue weighted by molar-refractivity contribution is -0.119. The number of hydrogen-bond donors (Lipinski definition) is 1. The summed E-state index contributed by atoms with van der Waals surface area (Å²) in [5.74, 6) is -0.338. The molecule has 1 atom stereocenters. The lowest BCUT2D eigenvalue weighted by Crippen LogP contribution is -2.33. The molecule has 0 heterocycles. The van der Waals surface area contributed by atoms with Crippen LogP contribution in [0.5, 0.6) is 0 Å². The molecule has 0 fully saturated rings. The average Bonchev–Trinajstić information content (AvgIpc) is 2.17. The second-order valence-corrected chi connectivity index (χ2v) is 3.97. The van der Waals surface area contributed by atoms with Gasteiger partial charge in [0.05, 0.1) is 6.04 Å². The number of hydrogen-bond acceptors (Lipinski definition) is 2. The second-order valence-electron chi connectivity index (χ2n) is 3.97. The van der Waals surface area contributed by atoms with E-state index < -0.39 is 0 Å². The van der Waals surface area contributed by atoms with Gasteiger partial charge in [-0.2, -0.15) is 0 Å². The number of benzene rings is 1. The van der Waals surface area contributed by atoms with Crippen LogP contribution in [0.15, 0.2) is 24.3 Å². The fourth-order valence-electron chi connectivity index (χ4n) is 1.55. The van der Waals surface area contributed by atoms with Gasteiger partial charge in [0.1, 0.15) is 5.82 Å². The third kappa shape index (κ3) is 3.62. The van der Waals surface area contributed by atoms with Gasteiger partial charge in [0.2, 0.25) is 5.91 Å². The maximum Gasteiger partial charge on any atom is 0.216 e. The molecule has 0 aliphatic carbocycles. The molecule has 1 rings (SSSR count). The maximum atomic E-state index is 13.1. The van der Waals surface area contributed by atoms with Crippen molar-refractivity contribution in [1.29, 1.82) is 0 Å². The van der Waals surface area contributed by atoms with Gasteiger partial charge in [-0.25, -0.2) is 4.39 Å². The van der Waals surface area contributed by atoms with Crippen molar-refractivity contribution in [2.24, 2.45) is 0 Å². The van der Waals surface area contributed by atoms with Gasteiger partial charge < -0.3 is 10.2 Å². The van der Waals surface area contributed by atoms with Crippen LogP contribution >= 0.6 is 0 Å². The van der Waals surface area contributed by atoms with E-state index in [1.807, 2.05) is 25.1 Å². The summed E-state index contributed by atoms with van der Waals surface area (Å²) < 4.78 is 13.1. The van der Waals surface area contributed by atoms with Gasteiger partial charge in [-0.15, -0.1) is 0 Å². The largest absolute Gasteiger partial charge is 0.354 e. The van der Waals surface area contributed by atoms with Crippen molar-refractivity contribution in [2.45, 2.75) is 13.0 Å². The fourth-order valence-corrected chi connectivity index (χ4v) is 1.55. The van der Waals surface area contributed by atoms with Gasteiger partial charge in [0.15, 0.2) is 0 Å². The molecule has 0 aliphatic heterocycles. The highest BCUT2D eigenvalue weighted by Gasteiger charge is 2.14. The first-order valence-electron chi connectivity index (χ1n) is 5.17. The summed E-state index contributed by atoms with van der Waals surface area (Å²) in [7, 11) is 3.80. The molecule has 0 saturated carbocycles. The van der Waals surface area contributed by atoms with E-state index in [4.69, 9.17) is 0 Å². The number of halogens is 1. The first-order valence-corrected chi connectivity index (χ1v) is 5.17. The zero-order valence-corrected chi connectivity index (χ0v) is 9.83. The lowest BCUT2D eigenvalue weighted by Gasteiger charge is -2.24. The Bertz CT molecular complexity index is 366. The van der Waals surface area contributed by atoms with Gasteiger partial charge in [0, 0.05) is 13.5 Å². The monoisotopic (exact) mass is 224 g/mol. The molecule has 0 aromatic heterocycles. The summed E-state index contributed by atoms with van der Waals surface area (Å²) >= 11 is 0. The summed E-state index contributed by atoms with van der Waals surface area (Å²) in [6, 6.07) is 6.42. The number of rotatable bonds is 4. The molecule has 0 unspecified atom stereocenters. The van der Waals surface area contributed by atoms with Crippen LogP contribution < -0.4 is 5.32 Å². The molecule has 0 saturated heterocycles. The predicted molar refractivity (Wildman–Crippen MR) is 61.5 cm³/mol. The summed E-state index contributed by atoms with van der Waals surface area (Å²) in [5.41, 5.74) is 0.860. The number of carbonyl (C=O) groups is 1. The molecule has 1 aromatic carbocycles. The molecule has 16 heavy (non-hydrogen) atoms. The molecule has 3 nitrogen and oxygen atoms in total. The summed E-state index contributed by atoms with van der Waals surface area (Å²) in [4.78, 5) is 12.8. The zero-order chi connectivity index (χ0) is 12.1. The van der Waals surface area contributed by atoms with Crippen LogP contribution in [0.1, 0.15) is 18.5 Å². The first kappa shape index (κ1) is 12.6. The summed E-state index contributed by atoms with van der Waals surface area (Å²) in [5, 5.41) is 2.74.